The van der Waals surface area contributed by atoms with E-state index in [0.29, 0.717) is 12.0 Å². The number of methoxy groups -OCH3 is 1. The van der Waals surface area contributed by atoms with Crippen LogP contribution in [0.25, 0.3) is 0 Å². The first-order valence-electron chi connectivity index (χ1n) is 5.97. The lowest BCUT2D eigenvalue weighted by Gasteiger charge is -2.24. The van der Waals surface area contributed by atoms with Crippen LogP contribution in [0.15, 0.2) is 16.7 Å². The average molecular weight is 225 g/mol. The summed E-state index contributed by atoms with van der Waals surface area (Å²) < 4.78 is 10.5. The summed E-state index contributed by atoms with van der Waals surface area (Å²) in [4.78, 5) is 0. The van der Waals surface area contributed by atoms with Gasteiger partial charge in [0.15, 0.2) is 0 Å². The van der Waals surface area contributed by atoms with Gasteiger partial charge in [0.25, 0.3) is 0 Å². The summed E-state index contributed by atoms with van der Waals surface area (Å²) in [5.41, 5.74) is 1.27. The van der Waals surface area contributed by atoms with Crippen molar-refractivity contribution in [3.63, 3.8) is 0 Å². The second-order valence-corrected chi connectivity index (χ2v) is 4.23. The van der Waals surface area contributed by atoms with Crippen LogP contribution in [0.5, 0.6) is 0 Å². The van der Waals surface area contributed by atoms with Crippen molar-refractivity contribution in [3.05, 3.63) is 23.7 Å². The minimum atomic E-state index is 0.360. The quantitative estimate of drug-likeness (QED) is 0.774. The molecule has 0 spiro atoms. The van der Waals surface area contributed by atoms with E-state index in [1.54, 1.807) is 13.4 Å². The van der Waals surface area contributed by atoms with E-state index in [1.807, 2.05) is 6.92 Å². The van der Waals surface area contributed by atoms with Crippen LogP contribution in [-0.2, 0) is 4.74 Å². The minimum Gasteiger partial charge on any atom is -0.469 e. The van der Waals surface area contributed by atoms with Gasteiger partial charge in [-0.05, 0) is 31.9 Å². The second-order valence-electron chi connectivity index (χ2n) is 4.23. The van der Waals surface area contributed by atoms with Crippen molar-refractivity contribution in [2.45, 2.75) is 33.2 Å². The zero-order valence-corrected chi connectivity index (χ0v) is 10.7. The lowest BCUT2D eigenvalue weighted by Crippen LogP contribution is -2.27. The van der Waals surface area contributed by atoms with Gasteiger partial charge in [-0.1, -0.05) is 13.8 Å². The summed E-state index contributed by atoms with van der Waals surface area (Å²) in [6, 6.07) is 2.42. The van der Waals surface area contributed by atoms with E-state index in [-0.39, 0.29) is 0 Å². The SMILES string of the molecule is CCNC(c1ccoc1C)C(C)CCOC. The molecule has 0 fully saturated rings. The van der Waals surface area contributed by atoms with Crippen molar-refractivity contribution in [1.29, 1.82) is 0 Å². The fourth-order valence-corrected chi connectivity index (χ4v) is 2.03. The van der Waals surface area contributed by atoms with Gasteiger partial charge in [-0.3, -0.25) is 0 Å². The Morgan fingerprint density at radius 3 is 2.75 bits per heavy atom. The Kier molecular flexibility index (Phi) is 5.56. The first-order chi connectivity index (χ1) is 7.70. The fraction of sp³-hybridized carbons (Fsp3) is 0.692. The first kappa shape index (κ1) is 13.3. The van der Waals surface area contributed by atoms with Gasteiger partial charge in [-0.25, -0.2) is 0 Å². The molecule has 0 aliphatic rings. The molecular formula is C13H23NO2. The summed E-state index contributed by atoms with van der Waals surface area (Å²) in [5.74, 6) is 1.55. The molecule has 92 valence electrons. The number of hydrogen-bond donors (Lipinski definition) is 1. The smallest absolute Gasteiger partial charge is 0.105 e. The van der Waals surface area contributed by atoms with E-state index in [2.05, 4.69) is 25.2 Å². The van der Waals surface area contributed by atoms with Crippen LogP contribution in [-0.4, -0.2) is 20.3 Å². The largest absolute Gasteiger partial charge is 0.469 e. The molecule has 0 aromatic carbocycles. The molecule has 1 heterocycles. The Morgan fingerprint density at radius 2 is 2.25 bits per heavy atom. The minimum absolute atomic E-state index is 0.360. The molecule has 0 bridgehead atoms. The number of rotatable bonds is 7. The molecule has 1 rings (SSSR count). The van der Waals surface area contributed by atoms with Crippen LogP contribution < -0.4 is 5.32 Å². The third-order valence-corrected chi connectivity index (χ3v) is 3.00. The van der Waals surface area contributed by atoms with Crippen molar-refractivity contribution in [3.8, 4) is 0 Å². The Labute approximate surface area is 98.2 Å². The highest BCUT2D eigenvalue weighted by molar-refractivity contribution is 5.20. The zero-order chi connectivity index (χ0) is 12.0. The number of furan rings is 1. The maximum Gasteiger partial charge on any atom is 0.105 e. The number of nitrogens with one attached hydrogen (secondary N) is 1. The van der Waals surface area contributed by atoms with E-state index in [4.69, 9.17) is 9.15 Å². The van der Waals surface area contributed by atoms with Crippen LogP contribution in [0.3, 0.4) is 0 Å². The van der Waals surface area contributed by atoms with Crippen LogP contribution >= 0.6 is 0 Å². The second kappa shape index (κ2) is 6.71. The van der Waals surface area contributed by atoms with Crippen LogP contribution in [0.2, 0.25) is 0 Å². The normalized spacial score (nSPS) is 15.0. The molecule has 0 aliphatic heterocycles. The van der Waals surface area contributed by atoms with Crippen molar-refractivity contribution < 1.29 is 9.15 Å². The molecule has 2 unspecified atom stereocenters. The van der Waals surface area contributed by atoms with Gasteiger partial charge >= 0.3 is 0 Å². The third kappa shape index (κ3) is 3.35. The Bertz CT molecular complexity index is 296. The number of hydrogen-bond acceptors (Lipinski definition) is 3. The van der Waals surface area contributed by atoms with Gasteiger partial charge in [-0.2, -0.15) is 0 Å². The van der Waals surface area contributed by atoms with E-state index >= 15 is 0 Å². The summed E-state index contributed by atoms with van der Waals surface area (Å²) in [5, 5.41) is 3.52. The maximum atomic E-state index is 5.38. The number of aryl methyl sites for hydroxylation is 1. The Morgan fingerprint density at radius 1 is 1.50 bits per heavy atom. The summed E-state index contributed by atoms with van der Waals surface area (Å²) in [7, 11) is 1.75. The molecule has 2 atom stereocenters. The highest BCUT2D eigenvalue weighted by Gasteiger charge is 2.21. The van der Waals surface area contributed by atoms with Crippen molar-refractivity contribution in [2.75, 3.05) is 20.3 Å². The topological polar surface area (TPSA) is 34.4 Å². The average Bonchev–Trinajstić information content (AvgIpc) is 2.69. The standard InChI is InChI=1S/C13H23NO2/c1-5-14-13(10(2)6-8-15-4)12-7-9-16-11(12)3/h7,9-10,13-14H,5-6,8H2,1-4H3. The molecule has 3 heteroatoms. The summed E-state index contributed by atoms with van der Waals surface area (Å²) in [6.45, 7) is 8.17. The van der Waals surface area contributed by atoms with E-state index in [0.717, 1.165) is 25.3 Å². The van der Waals surface area contributed by atoms with Gasteiger partial charge in [0.05, 0.1) is 6.26 Å². The zero-order valence-electron chi connectivity index (χ0n) is 10.7. The third-order valence-electron chi connectivity index (χ3n) is 3.00. The Balaban J connectivity index is 2.70. The van der Waals surface area contributed by atoms with Gasteiger partial charge in [0.1, 0.15) is 5.76 Å². The predicted octanol–water partition coefficient (Wildman–Crippen LogP) is 2.91. The lowest BCUT2D eigenvalue weighted by atomic mass is 9.92. The fourth-order valence-electron chi connectivity index (χ4n) is 2.03. The first-order valence-corrected chi connectivity index (χ1v) is 5.97. The molecule has 1 aromatic rings. The lowest BCUT2D eigenvalue weighted by molar-refractivity contribution is 0.170. The molecule has 3 nitrogen and oxygen atoms in total. The molecule has 16 heavy (non-hydrogen) atoms. The molecule has 1 N–H and O–H groups in total. The Hall–Kier alpha value is -0.800. The number of ether oxygens (including phenoxy) is 1. The molecule has 0 amide bonds. The van der Waals surface area contributed by atoms with Gasteiger partial charge in [0, 0.05) is 25.3 Å². The molecule has 0 saturated heterocycles. The van der Waals surface area contributed by atoms with Crippen molar-refractivity contribution in [2.24, 2.45) is 5.92 Å². The maximum absolute atomic E-state index is 5.38. The molecule has 0 saturated carbocycles. The molecule has 1 aromatic heterocycles. The molecule has 0 radical (unpaired) electrons. The monoisotopic (exact) mass is 225 g/mol. The summed E-state index contributed by atoms with van der Waals surface area (Å²) in [6.07, 6.45) is 2.82. The molecule has 0 aliphatic carbocycles. The highest BCUT2D eigenvalue weighted by atomic mass is 16.5. The highest BCUT2D eigenvalue weighted by Crippen LogP contribution is 2.27. The van der Waals surface area contributed by atoms with Gasteiger partial charge in [0.2, 0.25) is 0 Å². The summed E-state index contributed by atoms with van der Waals surface area (Å²) >= 11 is 0. The van der Waals surface area contributed by atoms with Crippen molar-refractivity contribution in [1.82, 2.24) is 5.32 Å². The van der Waals surface area contributed by atoms with Gasteiger partial charge < -0.3 is 14.5 Å². The van der Waals surface area contributed by atoms with Crippen molar-refractivity contribution >= 4 is 0 Å². The van der Waals surface area contributed by atoms with Crippen LogP contribution in [0.1, 0.15) is 37.6 Å². The van der Waals surface area contributed by atoms with Crippen LogP contribution in [0.4, 0.5) is 0 Å². The van der Waals surface area contributed by atoms with Gasteiger partial charge in [-0.15, -0.1) is 0 Å². The molecular weight excluding hydrogens is 202 g/mol. The van der Waals surface area contributed by atoms with Crippen LogP contribution in [0, 0.1) is 12.8 Å². The predicted molar refractivity (Wildman–Crippen MR) is 65.5 cm³/mol. The van der Waals surface area contributed by atoms with E-state index in [1.165, 1.54) is 5.56 Å². The van der Waals surface area contributed by atoms with E-state index < -0.39 is 0 Å². The van der Waals surface area contributed by atoms with E-state index in [9.17, 15) is 0 Å².